The first-order valence-corrected chi connectivity index (χ1v) is 22.4. The first-order valence-electron chi connectivity index (χ1n) is 22.0. The van der Waals surface area contributed by atoms with Crippen LogP contribution in [0.25, 0.3) is 22.8 Å². The third-order valence-corrected chi connectivity index (χ3v) is 11.1. The molecular weight excluding hydrogens is 924 g/mol. The highest BCUT2D eigenvalue weighted by molar-refractivity contribution is 6.30. The lowest BCUT2D eigenvalue weighted by Crippen LogP contribution is -2.09. The van der Waals surface area contributed by atoms with Gasteiger partial charge in [-0.15, -0.1) is 0 Å². The number of ether oxygens (including phenoxy) is 2. The molecule has 0 bridgehead atoms. The largest absolute Gasteiger partial charge is 0.494 e. The number of pyridine rings is 4. The Hall–Kier alpha value is -9.27. The van der Waals surface area contributed by atoms with Crippen LogP contribution >= 0.6 is 11.6 Å². The molecule has 5 N–H and O–H groups in total. The van der Waals surface area contributed by atoms with Gasteiger partial charge in [0, 0.05) is 56.8 Å². The van der Waals surface area contributed by atoms with Gasteiger partial charge in [0.1, 0.15) is 47.4 Å². The zero-order valence-electron chi connectivity index (χ0n) is 38.8. The minimum absolute atomic E-state index is 0.0299. The molecule has 2 fully saturated rings. The van der Waals surface area contributed by atoms with Crippen molar-refractivity contribution in [1.82, 2.24) is 49.5 Å². The predicted molar refractivity (Wildman–Crippen MR) is 266 cm³/mol. The first-order chi connectivity index (χ1) is 34.4. The van der Waals surface area contributed by atoms with Crippen molar-refractivity contribution >= 4 is 63.4 Å². The fourth-order valence-corrected chi connectivity index (χ4v) is 7.26. The Labute approximate surface area is 412 Å². The Morgan fingerprint density at radius 2 is 1.11 bits per heavy atom. The Balaban J connectivity index is 0.000000166. The van der Waals surface area contributed by atoms with Gasteiger partial charge in [0.2, 0.25) is 0 Å². The highest BCUT2D eigenvalue weighted by Crippen LogP contribution is 2.41. The molecule has 6 heterocycles. The van der Waals surface area contributed by atoms with Crippen molar-refractivity contribution in [3.8, 4) is 46.4 Å². The average Bonchev–Trinajstić information content (AvgIpc) is 4.33. The number of nitrogen functional groups attached to an aromatic ring is 1. The molecule has 71 heavy (non-hydrogen) atoms. The number of nitrogens with zero attached hydrogens (tertiary/aromatic N) is 12. The molecule has 6 aromatic heterocycles. The van der Waals surface area contributed by atoms with Gasteiger partial charge in [-0.05, 0) is 80.3 Å². The molecule has 0 spiro atoms. The molecule has 20 nitrogen and oxygen atoms in total. The van der Waals surface area contributed by atoms with Gasteiger partial charge in [-0.3, -0.25) is 19.0 Å². The maximum absolute atomic E-state index is 13.0. The van der Waals surface area contributed by atoms with Gasteiger partial charge in [0.25, 0.3) is 0 Å². The second-order valence-electron chi connectivity index (χ2n) is 16.2. The summed E-state index contributed by atoms with van der Waals surface area (Å²) < 4.78 is 14.6. The molecule has 0 unspecified atom stereocenters. The Kier molecular flexibility index (Phi) is 14.8. The molecule has 0 atom stereocenters. The van der Waals surface area contributed by atoms with Crippen LogP contribution in [0.1, 0.15) is 57.5 Å². The number of aryl methyl sites for hydroxylation is 2. The number of anilines is 7. The molecule has 0 aliphatic heterocycles. The van der Waals surface area contributed by atoms with Crippen molar-refractivity contribution < 1.29 is 19.1 Å². The lowest BCUT2D eigenvalue weighted by molar-refractivity contribution is 0.0960. The maximum atomic E-state index is 13.0. The number of carbonyl (C=O) groups is 2. The van der Waals surface area contributed by atoms with Gasteiger partial charge in [0.05, 0.1) is 70.3 Å². The van der Waals surface area contributed by atoms with Gasteiger partial charge in [-0.2, -0.15) is 20.7 Å². The summed E-state index contributed by atoms with van der Waals surface area (Å²) in [6, 6.07) is 25.2. The van der Waals surface area contributed by atoms with Crippen molar-refractivity contribution in [3.63, 3.8) is 0 Å². The topological polar surface area (TPSA) is 275 Å². The van der Waals surface area contributed by atoms with Crippen molar-refractivity contribution in [2.75, 3.05) is 35.9 Å². The zero-order valence-corrected chi connectivity index (χ0v) is 39.6. The number of para-hydroxylation sites is 2. The summed E-state index contributed by atoms with van der Waals surface area (Å²) in [6.07, 6.45) is 12.9. The van der Waals surface area contributed by atoms with Crippen LogP contribution in [0, 0.1) is 34.5 Å². The van der Waals surface area contributed by atoms with E-state index in [1.165, 1.54) is 18.6 Å². The lowest BCUT2D eigenvalue weighted by Gasteiger charge is -2.17. The van der Waals surface area contributed by atoms with E-state index in [9.17, 15) is 9.59 Å². The van der Waals surface area contributed by atoms with Gasteiger partial charge in [-0.1, -0.05) is 23.7 Å². The summed E-state index contributed by atoms with van der Waals surface area (Å²) in [5.74, 6) is 3.96. The van der Waals surface area contributed by atoms with Gasteiger partial charge >= 0.3 is 0 Å². The fraction of sp³-hybridized carbons (Fsp3) is 0.200. The number of aromatic nitrogens is 10. The summed E-state index contributed by atoms with van der Waals surface area (Å²) in [5, 5.41) is 36.1. The van der Waals surface area contributed by atoms with E-state index >= 15 is 0 Å². The van der Waals surface area contributed by atoms with Crippen LogP contribution in [-0.4, -0.2) is 75.3 Å². The van der Waals surface area contributed by atoms with E-state index in [2.05, 4.69) is 56.1 Å². The smallest absolute Gasteiger partial charge is 0.184 e. The minimum Gasteiger partial charge on any atom is -0.494 e. The highest BCUT2D eigenvalue weighted by atomic mass is 35.5. The molecule has 0 radical (unpaired) electrons. The Bertz CT molecular complexity index is 3300. The summed E-state index contributed by atoms with van der Waals surface area (Å²) in [6.45, 7) is 0. The summed E-state index contributed by atoms with van der Waals surface area (Å²) in [4.78, 5) is 50.7. The van der Waals surface area contributed by atoms with E-state index in [1.54, 1.807) is 92.9 Å². The molecular formula is C50H45ClN16O4. The van der Waals surface area contributed by atoms with Crippen molar-refractivity contribution in [2.24, 2.45) is 25.9 Å². The van der Waals surface area contributed by atoms with E-state index in [0.29, 0.717) is 90.8 Å². The number of benzene rings is 2. The number of methoxy groups -OCH3 is 2. The Morgan fingerprint density at radius 1 is 0.620 bits per heavy atom. The standard InChI is InChI=1S/C25H22N8O2.C19H18ClN5O2.C6H5N3/c1-33-14-29-25(32-33)17-4-3-5-19(24(17)35-2)30-20-10-22(28-13-18(20)23(34)16-7-8-16)31-21-9-6-15(11-26)12-27-21;1-25-10-22-19(24-25)12-4-3-5-14(18(12)27-2)23-15-8-16(20)21-9-13(15)17(26)11-6-7-11;7-3-5-1-2-6(8)9-4-5/h3-6,9-10,12-14,16H,7-8H2,1-2H3,(H2,27,28,30,31);3-5,8-11H,6-7H2,1-2H3,(H,21,23);1-2,4H,(H2,8,9). The average molecular weight is 969 g/mol. The Morgan fingerprint density at radius 3 is 1.55 bits per heavy atom. The minimum atomic E-state index is 0.0299. The fourth-order valence-electron chi connectivity index (χ4n) is 7.10. The van der Waals surface area contributed by atoms with Gasteiger partial charge < -0.3 is 31.2 Å². The number of nitrogens with two attached hydrogens (primary N) is 1. The quantitative estimate of drug-likeness (QED) is 0.0586. The zero-order chi connectivity index (χ0) is 50.0. The van der Waals surface area contributed by atoms with Crippen molar-refractivity contribution in [2.45, 2.75) is 25.7 Å². The van der Waals surface area contributed by atoms with Crippen LogP contribution in [-0.2, 0) is 14.1 Å². The molecule has 2 aliphatic rings. The summed E-state index contributed by atoms with van der Waals surface area (Å²) >= 11 is 6.07. The van der Waals surface area contributed by atoms with Gasteiger partial charge in [0.15, 0.2) is 34.7 Å². The molecule has 2 saturated carbocycles. The normalized spacial score (nSPS) is 12.4. The molecule has 0 amide bonds. The molecule has 2 aromatic carbocycles. The van der Waals surface area contributed by atoms with Crippen molar-refractivity contribution in [3.05, 3.63) is 138 Å². The van der Waals surface area contributed by atoms with Crippen LogP contribution in [0.3, 0.4) is 0 Å². The third-order valence-electron chi connectivity index (χ3n) is 10.9. The summed E-state index contributed by atoms with van der Waals surface area (Å²) in [7, 11) is 6.77. The number of hydrogen-bond donors (Lipinski definition) is 4. The van der Waals surface area contributed by atoms with Crippen LogP contribution in [0.4, 0.5) is 40.2 Å². The number of rotatable bonds is 14. The van der Waals surface area contributed by atoms with E-state index < -0.39 is 0 Å². The number of carbonyl (C=O) groups excluding carboxylic acids is 2. The van der Waals surface area contributed by atoms with Crippen LogP contribution in [0.2, 0.25) is 5.15 Å². The van der Waals surface area contributed by atoms with E-state index in [4.69, 9.17) is 37.3 Å². The number of hydrogen-bond acceptors (Lipinski definition) is 18. The number of Topliss-reactive ketones (excluding diaryl/α,β-unsaturated/α-hetero) is 2. The lowest BCUT2D eigenvalue weighted by atomic mass is 10.1. The number of nitrogens with one attached hydrogen (secondary N) is 3. The molecule has 356 valence electrons. The van der Waals surface area contributed by atoms with E-state index in [1.807, 2.05) is 48.5 Å². The van der Waals surface area contributed by atoms with Crippen molar-refractivity contribution in [1.29, 1.82) is 10.5 Å². The first kappa shape index (κ1) is 48.2. The number of ketones is 2. The molecule has 2 aliphatic carbocycles. The second kappa shape index (κ2) is 21.8. The predicted octanol–water partition coefficient (Wildman–Crippen LogP) is 8.64. The highest BCUT2D eigenvalue weighted by Gasteiger charge is 2.33. The maximum Gasteiger partial charge on any atom is 0.184 e. The van der Waals surface area contributed by atoms with E-state index in [-0.39, 0.29) is 23.4 Å². The number of nitriles is 2. The van der Waals surface area contributed by atoms with E-state index in [0.717, 1.165) is 36.8 Å². The molecule has 8 aromatic rings. The number of halogens is 1. The van der Waals surface area contributed by atoms with Gasteiger partial charge in [-0.25, -0.2) is 29.9 Å². The van der Waals surface area contributed by atoms with Crippen LogP contribution < -0.4 is 31.2 Å². The monoisotopic (exact) mass is 968 g/mol. The third kappa shape index (κ3) is 11.9. The summed E-state index contributed by atoms with van der Waals surface area (Å²) in [5.41, 5.74) is 11.3. The van der Waals surface area contributed by atoms with Crippen LogP contribution in [0.15, 0.2) is 110 Å². The SMILES string of the molecule is COc1c(Nc2cc(Cl)ncc2C(=O)C2CC2)cccc1-c1ncn(C)n1.COc1c(Nc2cc(Nc3ccc(C#N)cn3)ncc2C(=O)C2CC2)cccc1-c1ncn(C)n1.N#Cc1ccc(N)nc1. The molecule has 0 saturated heterocycles. The molecule has 10 rings (SSSR count). The second-order valence-corrected chi connectivity index (χ2v) is 16.6. The van der Waals surface area contributed by atoms with Crippen LogP contribution in [0.5, 0.6) is 11.5 Å². The molecule has 21 heteroatoms.